The van der Waals surface area contributed by atoms with E-state index in [2.05, 4.69) is 29.2 Å². The van der Waals surface area contributed by atoms with Crippen LogP contribution in [0.1, 0.15) is 26.7 Å². The highest BCUT2D eigenvalue weighted by Gasteiger charge is 2.17. The lowest BCUT2D eigenvalue weighted by molar-refractivity contribution is 0.0482. The van der Waals surface area contributed by atoms with Gasteiger partial charge in [-0.15, -0.1) is 0 Å². The third-order valence-corrected chi connectivity index (χ3v) is 2.88. The largest absolute Gasteiger partial charge is 0.381 e. The summed E-state index contributed by atoms with van der Waals surface area (Å²) in [5, 5.41) is 0. The first kappa shape index (κ1) is 14.3. The summed E-state index contributed by atoms with van der Waals surface area (Å²) in [4.78, 5) is 6.56. The van der Waals surface area contributed by atoms with Crippen LogP contribution < -0.4 is 11.3 Å². The molecule has 5 heteroatoms. The number of aliphatic imine (C=N–C) groups is 1. The Morgan fingerprint density at radius 2 is 2.35 bits per heavy atom. The number of nitrogens with one attached hydrogen (secondary N) is 1. The summed E-state index contributed by atoms with van der Waals surface area (Å²) in [6.07, 6.45) is 2.39. The normalized spacial score (nSPS) is 21.7. The lowest BCUT2D eigenvalue weighted by Crippen LogP contribution is -2.45. The van der Waals surface area contributed by atoms with Gasteiger partial charge in [0.15, 0.2) is 0 Å². The minimum Gasteiger partial charge on any atom is -0.381 e. The fraction of sp³-hybridized carbons (Fsp3) is 0.917. The predicted molar refractivity (Wildman–Crippen MR) is 70.6 cm³/mol. The van der Waals surface area contributed by atoms with Crippen LogP contribution in [0.5, 0.6) is 0 Å². The van der Waals surface area contributed by atoms with Gasteiger partial charge in [0, 0.05) is 26.7 Å². The average molecular weight is 242 g/mol. The number of rotatable bonds is 4. The van der Waals surface area contributed by atoms with Gasteiger partial charge >= 0.3 is 0 Å². The number of nitrogens with two attached hydrogens (primary N) is 1. The molecule has 100 valence electrons. The molecule has 0 amide bonds. The first-order valence-corrected chi connectivity index (χ1v) is 6.43. The Kier molecular flexibility index (Phi) is 6.29. The maximum Gasteiger partial charge on any atom is 0.208 e. The monoisotopic (exact) mass is 242 g/mol. The number of guanidine groups is 1. The van der Waals surface area contributed by atoms with Crippen molar-refractivity contribution < 1.29 is 4.74 Å². The van der Waals surface area contributed by atoms with Crippen molar-refractivity contribution in [2.24, 2.45) is 22.7 Å². The van der Waals surface area contributed by atoms with Crippen molar-refractivity contribution in [3.63, 3.8) is 0 Å². The SMILES string of the molecule is CC(C)CN=C(NN)N(C)CC1CCCOC1. The standard InChI is InChI=1S/C12H26N4O/c1-10(2)7-14-12(15-13)16(3)8-11-5-4-6-17-9-11/h10-11H,4-9,13H2,1-3H3,(H,14,15). The molecule has 1 atom stereocenters. The molecule has 1 unspecified atom stereocenters. The van der Waals surface area contributed by atoms with Crippen molar-refractivity contribution in [3.8, 4) is 0 Å². The van der Waals surface area contributed by atoms with Crippen LogP contribution in [-0.2, 0) is 4.74 Å². The van der Waals surface area contributed by atoms with Gasteiger partial charge in [0.25, 0.3) is 0 Å². The van der Waals surface area contributed by atoms with Crippen LogP contribution in [0, 0.1) is 11.8 Å². The van der Waals surface area contributed by atoms with Gasteiger partial charge in [-0.05, 0) is 24.7 Å². The second kappa shape index (κ2) is 7.50. The molecule has 0 spiro atoms. The average Bonchev–Trinajstić information content (AvgIpc) is 2.30. The molecule has 0 aliphatic carbocycles. The Morgan fingerprint density at radius 3 is 2.88 bits per heavy atom. The van der Waals surface area contributed by atoms with Gasteiger partial charge in [-0.2, -0.15) is 0 Å². The molecule has 5 nitrogen and oxygen atoms in total. The van der Waals surface area contributed by atoms with Crippen LogP contribution >= 0.6 is 0 Å². The summed E-state index contributed by atoms with van der Waals surface area (Å²) in [7, 11) is 2.02. The summed E-state index contributed by atoms with van der Waals surface area (Å²) >= 11 is 0. The summed E-state index contributed by atoms with van der Waals surface area (Å²) < 4.78 is 5.48. The van der Waals surface area contributed by atoms with E-state index in [1.807, 2.05) is 7.05 Å². The number of hydrazine groups is 1. The van der Waals surface area contributed by atoms with Gasteiger partial charge in [0.05, 0.1) is 6.61 Å². The summed E-state index contributed by atoms with van der Waals surface area (Å²) in [5.74, 6) is 7.41. The highest BCUT2D eigenvalue weighted by Crippen LogP contribution is 2.14. The molecular formula is C12H26N4O. The van der Waals surface area contributed by atoms with Crippen molar-refractivity contribution in [2.75, 3.05) is 33.4 Å². The summed E-state index contributed by atoms with van der Waals surface area (Å²) in [6.45, 7) is 7.79. The zero-order valence-corrected chi connectivity index (χ0v) is 11.3. The predicted octanol–water partition coefficient (Wildman–Crippen LogP) is 0.820. The van der Waals surface area contributed by atoms with Gasteiger partial charge in [-0.25, -0.2) is 5.84 Å². The van der Waals surface area contributed by atoms with Crippen LogP contribution in [0.3, 0.4) is 0 Å². The molecule has 0 bridgehead atoms. The van der Waals surface area contributed by atoms with Gasteiger partial charge in [-0.1, -0.05) is 13.8 Å². The van der Waals surface area contributed by atoms with Crippen LogP contribution in [0.25, 0.3) is 0 Å². The third-order valence-electron chi connectivity index (χ3n) is 2.88. The van der Waals surface area contributed by atoms with E-state index in [9.17, 15) is 0 Å². The number of hydrogen-bond acceptors (Lipinski definition) is 3. The van der Waals surface area contributed by atoms with Crippen LogP contribution in [0.15, 0.2) is 4.99 Å². The summed E-state index contributed by atoms with van der Waals surface area (Å²) in [6, 6.07) is 0. The maximum absolute atomic E-state index is 5.51. The Labute approximate surface area is 104 Å². The Morgan fingerprint density at radius 1 is 1.59 bits per heavy atom. The minimum atomic E-state index is 0.546. The molecule has 0 aromatic rings. The highest BCUT2D eigenvalue weighted by molar-refractivity contribution is 5.79. The molecule has 0 saturated carbocycles. The maximum atomic E-state index is 5.51. The lowest BCUT2D eigenvalue weighted by Gasteiger charge is -2.28. The lowest BCUT2D eigenvalue weighted by atomic mass is 10.0. The molecule has 0 radical (unpaired) electrons. The van der Waals surface area contributed by atoms with E-state index in [0.717, 1.165) is 38.7 Å². The molecule has 1 fully saturated rings. The quantitative estimate of drug-likeness (QED) is 0.331. The van der Waals surface area contributed by atoms with Crippen molar-refractivity contribution in [3.05, 3.63) is 0 Å². The molecule has 1 aliphatic rings. The van der Waals surface area contributed by atoms with Crippen molar-refractivity contribution in [1.29, 1.82) is 0 Å². The zero-order chi connectivity index (χ0) is 12.7. The second-order valence-electron chi connectivity index (χ2n) is 5.17. The topological polar surface area (TPSA) is 62.9 Å². The molecule has 1 heterocycles. The van der Waals surface area contributed by atoms with E-state index in [-0.39, 0.29) is 0 Å². The molecule has 3 N–H and O–H groups in total. The van der Waals surface area contributed by atoms with Gasteiger partial charge in [0.1, 0.15) is 0 Å². The molecule has 0 aromatic heterocycles. The van der Waals surface area contributed by atoms with Crippen molar-refractivity contribution in [1.82, 2.24) is 10.3 Å². The van der Waals surface area contributed by atoms with Crippen molar-refractivity contribution in [2.45, 2.75) is 26.7 Å². The van der Waals surface area contributed by atoms with Crippen LogP contribution in [-0.4, -0.2) is 44.2 Å². The Bertz CT molecular complexity index is 237. The van der Waals surface area contributed by atoms with Crippen LogP contribution in [0.2, 0.25) is 0 Å². The molecule has 17 heavy (non-hydrogen) atoms. The number of nitrogens with zero attached hydrogens (tertiary/aromatic N) is 2. The molecule has 0 aromatic carbocycles. The Hall–Kier alpha value is -0.810. The number of ether oxygens (including phenoxy) is 1. The molecule has 1 aliphatic heterocycles. The van der Waals surface area contributed by atoms with E-state index < -0.39 is 0 Å². The van der Waals surface area contributed by atoms with E-state index in [1.165, 1.54) is 6.42 Å². The highest BCUT2D eigenvalue weighted by atomic mass is 16.5. The fourth-order valence-electron chi connectivity index (χ4n) is 1.97. The van der Waals surface area contributed by atoms with E-state index in [1.54, 1.807) is 0 Å². The fourth-order valence-corrected chi connectivity index (χ4v) is 1.97. The van der Waals surface area contributed by atoms with Crippen molar-refractivity contribution >= 4 is 5.96 Å². The first-order chi connectivity index (χ1) is 8.13. The summed E-state index contributed by atoms with van der Waals surface area (Å²) in [5.41, 5.74) is 2.68. The third kappa shape index (κ3) is 5.37. The van der Waals surface area contributed by atoms with Gasteiger partial charge < -0.3 is 9.64 Å². The van der Waals surface area contributed by atoms with E-state index in [4.69, 9.17) is 10.6 Å². The number of hydrogen-bond donors (Lipinski definition) is 2. The molecule has 1 saturated heterocycles. The molecule has 1 rings (SSSR count). The Balaban J connectivity index is 2.41. The second-order valence-corrected chi connectivity index (χ2v) is 5.17. The van der Waals surface area contributed by atoms with Gasteiger partial charge in [-0.3, -0.25) is 10.4 Å². The molecular weight excluding hydrogens is 216 g/mol. The smallest absolute Gasteiger partial charge is 0.208 e. The van der Waals surface area contributed by atoms with Gasteiger partial charge in [0.2, 0.25) is 5.96 Å². The minimum absolute atomic E-state index is 0.546. The first-order valence-electron chi connectivity index (χ1n) is 6.43. The van der Waals surface area contributed by atoms with E-state index in [0.29, 0.717) is 11.8 Å². The van der Waals surface area contributed by atoms with Crippen LogP contribution in [0.4, 0.5) is 0 Å². The van der Waals surface area contributed by atoms with E-state index >= 15 is 0 Å². The zero-order valence-electron chi connectivity index (χ0n) is 11.3.